The van der Waals surface area contributed by atoms with Crippen LogP contribution >= 0.6 is 0 Å². The van der Waals surface area contributed by atoms with Gasteiger partial charge in [0.1, 0.15) is 5.82 Å². The summed E-state index contributed by atoms with van der Waals surface area (Å²) < 4.78 is 1.83. The molecule has 0 atom stereocenters. The number of nitrogens with zero attached hydrogens (tertiary/aromatic N) is 6. The number of pyridine rings is 1. The van der Waals surface area contributed by atoms with Gasteiger partial charge in [-0.3, -0.25) is 4.98 Å². The lowest BCUT2D eigenvalue weighted by atomic mass is 9.96. The van der Waals surface area contributed by atoms with Crippen molar-refractivity contribution in [2.75, 3.05) is 11.9 Å². The van der Waals surface area contributed by atoms with Gasteiger partial charge in [0.25, 0.3) is 0 Å². The molecular formula is C16H20N6. The van der Waals surface area contributed by atoms with Crippen LogP contribution in [-0.4, -0.2) is 31.8 Å². The van der Waals surface area contributed by atoms with Crippen LogP contribution in [0.25, 0.3) is 5.65 Å². The second kappa shape index (κ2) is 5.36. The van der Waals surface area contributed by atoms with Gasteiger partial charge >= 0.3 is 0 Å². The summed E-state index contributed by atoms with van der Waals surface area (Å²) in [5, 5.41) is 13.2. The van der Waals surface area contributed by atoms with Crippen LogP contribution in [0.4, 0.5) is 5.82 Å². The third-order valence-corrected chi connectivity index (χ3v) is 3.48. The van der Waals surface area contributed by atoms with Gasteiger partial charge in [-0.2, -0.15) is 4.52 Å². The van der Waals surface area contributed by atoms with E-state index in [9.17, 15) is 0 Å². The van der Waals surface area contributed by atoms with Crippen molar-refractivity contribution in [2.24, 2.45) is 0 Å². The SMILES string of the molecule is CN(Cc1ccncc1)c1ccc2nnc(C(C)(C)C)n2n1. The predicted octanol–water partition coefficient (Wildman–Crippen LogP) is 2.45. The third-order valence-electron chi connectivity index (χ3n) is 3.48. The fourth-order valence-corrected chi connectivity index (χ4v) is 2.29. The van der Waals surface area contributed by atoms with Crippen LogP contribution < -0.4 is 4.90 Å². The molecular weight excluding hydrogens is 276 g/mol. The maximum absolute atomic E-state index is 4.70. The summed E-state index contributed by atoms with van der Waals surface area (Å²) in [6.07, 6.45) is 3.61. The van der Waals surface area contributed by atoms with E-state index in [0.717, 1.165) is 23.8 Å². The molecule has 6 heteroatoms. The van der Waals surface area contributed by atoms with Crippen LogP contribution in [-0.2, 0) is 12.0 Å². The molecule has 0 aliphatic rings. The highest BCUT2D eigenvalue weighted by atomic mass is 15.4. The summed E-state index contributed by atoms with van der Waals surface area (Å²) >= 11 is 0. The highest BCUT2D eigenvalue weighted by Gasteiger charge is 2.22. The maximum atomic E-state index is 4.70. The van der Waals surface area contributed by atoms with Crippen LogP contribution in [0.5, 0.6) is 0 Å². The van der Waals surface area contributed by atoms with Gasteiger partial charge in [-0.25, -0.2) is 0 Å². The second-order valence-electron chi connectivity index (χ2n) is 6.45. The van der Waals surface area contributed by atoms with Crippen LogP contribution in [0.3, 0.4) is 0 Å². The van der Waals surface area contributed by atoms with Crippen LogP contribution in [0.15, 0.2) is 36.7 Å². The molecule has 3 heterocycles. The van der Waals surface area contributed by atoms with Crippen molar-refractivity contribution >= 4 is 11.5 Å². The average molecular weight is 296 g/mol. The van der Waals surface area contributed by atoms with E-state index in [1.807, 2.05) is 35.8 Å². The summed E-state index contributed by atoms with van der Waals surface area (Å²) in [6, 6.07) is 7.94. The normalized spacial score (nSPS) is 11.8. The van der Waals surface area contributed by atoms with Gasteiger partial charge in [0.2, 0.25) is 0 Å². The lowest BCUT2D eigenvalue weighted by Crippen LogP contribution is -2.21. The van der Waals surface area contributed by atoms with E-state index in [1.54, 1.807) is 12.4 Å². The zero-order valence-electron chi connectivity index (χ0n) is 13.4. The van der Waals surface area contributed by atoms with Gasteiger partial charge in [-0.05, 0) is 29.8 Å². The molecule has 0 aliphatic heterocycles. The van der Waals surface area contributed by atoms with Crippen molar-refractivity contribution in [3.05, 3.63) is 48.0 Å². The molecule has 0 spiro atoms. The van der Waals surface area contributed by atoms with Crippen LogP contribution in [0.1, 0.15) is 32.2 Å². The smallest absolute Gasteiger partial charge is 0.178 e. The van der Waals surface area contributed by atoms with E-state index in [2.05, 4.69) is 40.9 Å². The standard InChI is InChI=1S/C16H20N6/c1-16(2,3)15-19-18-13-5-6-14(20-22(13)15)21(4)11-12-7-9-17-10-8-12/h5-10H,11H2,1-4H3. The molecule has 22 heavy (non-hydrogen) atoms. The summed E-state index contributed by atoms with van der Waals surface area (Å²) in [5.74, 6) is 1.75. The lowest BCUT2D eigenvalue weighted by Gasteiger charge is -2.19. The fourth-order valence-electron chi connectivity index (χ4n) is 2.29. The Balaban J connectivity index is 1.94. The Labute approximate surface area is 129 Å². The van der Waals surface area contributed by atoms with Gasteiger partial charge in [-0.1, -0.05) is 20.8 Å². The molecule has 0 aliphatic carbocycles. The third kappa shape index (κ3) is 2.77. The Morgan fingerprint density at radius 3 is 2.45 bits per heavy atom. The minimum absolute atomic E-state index is 0.102. The second-order valence-corrected chi connectivity index (χ2v) is 6.45. The highest BCUT2D eigenvalue weighted by molar-refractivity contribution is 5.46. The number of hydrogen-bond donors (Lipinski definition) is 0. The summed E-state index contributed by atoms with van der Waals surface area (Å²) in [6.45, 7) is 7.10. The molecule has 0 aromatic carbocycles. The fraction of sp³-hybridized carbons (Fsp3) is 0.375. The Morgan fingerprint density at radius 1 is 1.05 bits per heavy atom. The van der Waals surface area contributed by atoms with Gasteiger partial charge in [-0.15, -0.1) is 15.3 Å². The van der Waals surface area contributed by atoms with E-state index in [0.29, 0.717) is 0 Å². The Morgan fingerprint density at radius 2 is 1.77 bits per heavy atom. The van der Waals surface area contributed by atoms with Crippen molar-refractivity contribution < 1.29 is 0 Å². The molecule has 0 saturated carbocycles. The Kier molecular flexibility index (Phi) is 3.52. The van der Waals surface area contributed by atoms with Crippen LogP contribution in [0.2, 0.25) is 0 Å². The van der Waals surface area contributed by atoms with Gasteiger partial charge in [0.15, 0.2) is 11.5 Å². The molecule has 0 N–H and O–H groups in total. The zero-order valence-corrected chi connectivity index (χ0v) is 13.4. The first-order valence-electron chi connectivity index (χ1n) is 7.28. The first-order valence-corrected chi connectivity index (χ1v) is 7.28. The number of fused-ring (bicyclic) bond motifs is 1. The van der Waals surface area contributed by atoms with Crippen molar-refractivity contribution in [3.63, 3.8) is 0 Å². The molecule has 0 bridgehead atoms. The molecule has 3 rings (SSSR count). The molecule has 0 unspecified atom stereocenters. The molecule has 6 nitrogen and oxygen atoms in total. The minimum atomic E-state index is -0.102. The van der Waals surface area contributed by atoms with E-state index in [4.69, 9.17) is 5.10 Å². The zero-order chi connectivity index (χ0) is 15.7. The molecule has 0 fully saturated rings. The minimum Gasteiger partial charge on any atom is -0.354 e. The molecule has 3 aromatic rings. The summed E-state index contributed by atoms with van der Waals surface area (Å²) in [4.78, 5) is 6.14. The average Bonchev–Trinajstić information content (AvgIpc) is 2.91. The first-order chi connectivity index (χ1) is 10.4. The quantitative estimate of drug-likeness (QED) is 0.743. The largest absolute Gasteiger partial charge is 0.354 e. The Hall–Kier alpha value is -2.50. The molecule has 0 amide bonds. The number of rotatable bonds is 3. The number of aromatic nitrogens is 5. The lowest BCUT2D eigenvalue weighted by molar-refractivity contribution is 0.526. The van der Waals surface area contributed by atoms with Crippen molar-refractivity contribution in [2.45, 2.75) is 32.7 Å². The number of hydrogen-bond acceptors (Lipinski definition) is 5. The molecule has 0 saturated heterocycles. The molecule has 3 aromatic heterocycles. The summed E-state index contributed by atoms with van der Waals surface area (Å²) in [7, 11) is 2.02. The molecule has 0 radical (unpaired) electrons. The highest BCUT2D eigenvalue weighted by Crippen LogP contribution is 2.21. The first kappa shape index (κ1) is 14.4. The Bertz CT molecular complexity index is 772. The number of anilines is 1. The van der Waals surface area contributed by atoms with Crippen molar-refractivity contribution in [1.29, 1.82) is 0 Å². The van der Waals surface area contributed by atoms with Gasteiger partial charge < -0.3 is 4.90 Å². The monoisotopic (exact) mass is 296 g/mol. The van der Waals surface area contributed by atoms with E-state index in [1.165, 1.54) is 5.56 Å². The molecule has 114 valence electrons. The maximum Gasteiger partial charge on any atom is 0.178 e. The van der Waals surface area contributed by atoms with Gasteiger partial charge in [0.05, 0.1) is 0 Å². The predicted molar refractivity (Wildman–Crippen MR) is 85.8 cm³/mol. The van der Waals surface area contributed by atoms with Crippen molar-refractivity contribution in [1.82, 2.24) is 24.8 Å². The van der Waals surface area contributed by atoms with Gasteiger partial charge in [0, 0.05) is 31.4 Å². The van der Waals surface area contributed by atoms with E-state index < -0.39 is 0 Å². The van der Waals surface area contributed by atoms with Crippen molar-refractivity contribution in [3.8, 4) is 0 Å². The van der Waals surface area contributed by atoms with E-state index in [-0.39, 0.29) is 5.41 Å². The van der Waals surface area contributed by atoms with Crippen LogP contribution in [0, 0.1) is 0 Å². The topological polar surface area (TPSA) is 59.2 Å². The summed E-state index contributed by atoms with van der Waals surface area (Å²) in [5.41, 5.74) is 1.86. The van der Waals surface area contributed by atoms with E-state index >= 15 is 0 Å².